The van der Waals surface area contributed by atoms with Crippen LogP contribution in [0.2, 0.25) is 0 Å². The molecule has 2 rings (SSSR count). The van der Waals surface area contributed by atoms with E-state index in [1.807, 2.05) is 38.1 Å². The molecule has 2 unspecified atom stereocenters. The van der Waals surface area contributed by atoms with Crippen LogP contribution in [-0.2, 0) is 17.6 Å². The molecule has 0 aliphatic heterocycles. The zero-order valence-electron chi connectivity index (χ0n) is 16.0. The normalized spacial score (nSPS) is 14.4. The molecular formula is C22H27FO4. The van der Waals surface area contributed by atoms with E-state index in [1.165, 1.54) is 13.2 Å². The Morgan fingerprint density at radius 2 is 1.96 bits per heavy atom. The van der Waals surface area contributed by atoms with Crippen molar-refractivity contribution in [2.45, 2.75) is 45.1 Å². The fourth-order valence-corrected chi connectivity index (χ4v) is 3.32. The SMILES string of the molecule is COc1ccc(CCC(C)CC(O)(Cc2ccccc2C)C(=O)O)cc1F. The first-order valence-electron chi connectivity index (χ1n) is 9.08. The number of carboxylic acids is 1. The van der Waals surface area contributed by atoms with E-state index in [-0.39, 0.29) is 24.5 Å². The Balaban J connectivity index is 2.02. The highest BCUT2D eigenvalue weighted by Crippen LogP contribution is 2.27. The van der Waals surface area contributed by atoms with Gasteiger partial charge in [-0.15, -0.1) is 0 Å². The smallest absolute Gasteiger partial charge is 0.336 e. The lowest BCUT2D eigenvalue weighted by Crippen LogP contribution is -2.42. The largest absolute Gasteiger partial charge is 0.494 e. The molecule has 0 bridgehead atoms. The van der Waals surface area contributed by atoms with E-state index in [4.69, 9.17) is 4.74 Å². The molecule has 0 aromatic heterocycles. The zero-order chi connectivity index (χ0) is 20.0. The third-order valence-corrected chi connectivity index (χ3v) is 4.97. The van der Waals surface area contributed by atoms with Crippen molar-refractivity contribution in [2.24, 2.45) is 5.92 Å². The minimum Gasteiger partial charge on any atom is -0.494 e. The number of hydrogen-bond acceptors (Lipinski definition) is 3. The second kappa shape index (κ2) is 9.00. The Labute approximate surface area is 159 Å². The number of hydrogen-bond donors (Lipinski definition) is 2. The van der Waals surface area contributed by atoms with Crippen molar-refractivity contribution in [3.05, 3.63) is 65.0 Å². The Morgan fingerprint density at radius 1 is 1.26 bits per heavy atom. The molecule has 0 fully saturated rings. The predicted octanol–water partition coefficient (Wildman–Crippen LogP) is 4.16. The number of carboxylic acid groups (broad SMARTS) is 1. The van der Waals surface area contributed by atoms with Crippen LogP contribution in [0.3, 0.4) is 0 Å². The average molecular weight is 374 g/mol. The first-order valence-corrected chi connectivity index (χ1v) is 9.08. The lowest BCUT2D eigenvalue weighted by molar-refractivity contribution is -0.160. The van der Waals surface area contributed by atoms with Crippen molar-refractivity contribution < 1.29 is 24.1 Å². The molecule has 0 spiro atoms. The number of methoxy groups -OCH3 is 1. The van der Waals surface area contributed by atoms with Gasteiger partial charge in [0.05, 0.1) is 7.11 Å². The molecule has 2 N–H and O–H groups in total. The number of aliphatic hydroxyl groups is 1. The average Bonchev–Trinajstić information content (AvgIpc) is 2.62. The van der Waals surface area contributed by atoms with Crippen LogP contribution >= 0.6 is 0 Å². The van der Waals surface area contributed by atoms with Gasteiger partial charge in [-0.25, -0.2) is 9.18 Å². The summed E-state index contributed by atoms with van der Waals surface area (Å²) in [5.41, 5.74) is 0.778. The van der Waals surface area contributed by atoms with Gasteiger partial charge in [0.1, 0.15) is 0 Å². The molecule has 27 heavy (non-hydrogen) atoms. The van der Waals surface area contributed by atoms with Crippen LogP contribution in [-0.4, -0.2) is 28.9 Å². The molecule has 2 aromatic rings. The molecular weight excluding hydrogens is 347 g/mol. The summed E-state index contributed by atoms with van der Waals surface area (Å²) in [6, 6.07) is 12.3. The summed E-state index contributed by atoms with van der Waals surface area (Å²) in [6.07, 6.45) is 1.45. The predicted molar refractivity (Wildman–Crippen MR) is 103 cm³/mol. The second-order valence-electron chi connectivity index (χ2n) is 7.26. The Hall–Kier alpha value is -2.40. The van der Waals surface area contributed by atoms with Crippen LogP contribution in [0.1, 0.15) is 36.5 Å². The molecule has 2 aromatic carbocycles. The first-order chi connectivity index (χ1) is 12.7. The van der Waals surface area contributed by atoms with Gasteiger partial charge < -0.3 is 14.9 Å². The fourth-order valence-electron chi connectivity index (χ4n) is 3.32. The van der Waals surface area contributed by atoms with E-state index in [9.17, 15) is 19.4 Å². The van der Waals surface area contributed by atoms with Gasteiger partial charge in [0.2, 0.25) is 0 Å². The van der Waals surface area contributed by atoms with Crippen molar-refractivity contribution in [3.63, 3.8) is 0 Å². The summed E-state index contributed by atoms with van der Waals surface area (Å²) in [7, 11) is 1.42. The highest BCUT2D eigenvalue weighted by Gasteiger charge is 2.37. The van der Waals surface area contributed by atoms with Gasteiger partial charge >= 0.3 is 5.97 Å². The van der Waals surface area contributed by atoms with Gasteiger partial charge in [-0.3, -0.25) is 0 Å². The lowest BCUT2D eigenvalue weighted by Gasteiger charge is -2.27. The Morgan fingerprint density at radius 3 is 2.56 bits per heavy atom. The summed E-state index contributed by atoms with van der Waals surface area (Å²) in [6.45, 7) is 3.81. The maximum atomic E-state index is 13.8. The molecule has 0 saturated heterocycles. The summed E-state index contributed by atoms with van der Waals surface area (Å²) < 4.78 is 18.7. The number of halogens is 1. The van der Waals surface area contributed by atoms with E-state index >= 15 is 0 Å². The quantitative estimate of drug-likeness (QED) is 0.692. The molecule has 0 saturated carbocycles. The fraction of sp³-hybridized carbons (Fsp3) is 0.409. The molecule has 0 aliphatic carbocycles. The molecule has 2 atom stereocenters. The second-order valence-corrected chi connectivity index (χ2v) is 7.26. The van der Waals surface area contributed by atoms with Gasteiger partial charge in [0.15, 0.2) is 17.2 Å². The minimum atomic E-state index is -1.82. The maximum absolute atomic E-state index is 13.8. The van der Waals surface area contributed by atoms with Crippen LogP contribution in [0.5, 0.6) is 5.75 Å². The van der Waals surface area contributed by atoms with Crippen LogP contribution in [0, 0.1) is 18.7 Å². The van der Waals surface area contributed by atoms with Gasteiger partial charge in [0.25, 0.3) is 0 Å². The number of carbonyl (C=O) groups is 1. The number of aliphatic carboxylic acids is 1. The standard InChI is InChI=1S/C22H27FO4/c1-15(8-9-17-10-11-20(27-3)19(23)12-17)13-22(26,21(24)25)14-18-7-5-4-6-16(18)2/h4-7,10-12,15,26H,8-9,13-14H2,1-3H3,(H,24,25). The third-order valence-electron chi connectivity index (χ3n) is 4.97. The van der Waals surface area contributed by atoms with E-state index in [0.717, 1.165) is 16.7 Å². The summed E-state index contributed by atoms with van der Waals surface area (Å²) >= 11 is 0. The third kappa shape index (κ3) is 5.54. The summed E-state index contributed by atoms with van der Waals surface area (Å²) in [5, 5.41) is 20.4. The lowest BCUT2D eigenvalue weighted by atomic mass is 9.83. The highest BCUT2D eigenvalue weighted by molar-refractivity contribution is 5.77. The van der Waals surface area contributed by atoms with Crippen LogP contribution in [0.25, 0.3) is 0 Å². The van der Waals surface area contributed by atoms with Crippen molar-refractivity contribution in [3.8, 4) is 5.75 Å². The molecule has 0 heterocycles. The van der Waals surface area contributed by atoms with Gasteiger partial charge in [-0.1, -0.05) is 37.3 Å². The Kier molecular flexibility index (Phi) is 6.97. The van der Waals surface area contributed by atoms with Crippen LogP contribution in [0.4, 0.5) is 4.39 Å². The van der Waals surface area contributed by atoms with Gasteiger partial charge in [-0.2, -0.15) is 0 Å². The van der Waals surface area contributed by atoms with E-state index in [1.54, 1.807) is 12.1 Å². The number of ether oxygens (including phenoxy) is 1. The monoisotopic (exact) mass is 374 g/mol. The van der Waals surface area contributed by atoms with Crippen LogP contribution in [0.15, 0.2) is 42.5 Å². The molecule has 0 radical (unpaired) electrons. The van der Waals surface area contributed by atoms with Crippen molar-refractivity contribution in [2.75, 3.05) is 7.11 Å². The highest BCUT2D eigenvalue weighted by atomic mass is 19.1. The molecule has 4 nitrogen and oxygen atoms in total. The number of benzene rings is 2. The molecule has 5 heteroatoms. The summed E-state index contributed by atoms with van der Waals surface area (Å²) in [4.78, 5) is 11.7. The molecule has 0 aliphatic rings. The maximum Gasteiger partial charge on any atom is 0.336 e. The van der Waals surface area contributed by atoms with Gasteiger partial charge in [-0.05, 0) is 60.9 Å². The number of rotatable bonds is 9. The Bertz CT molecular complexity index is 790. The topological polar surface area (TPSA) is 66.8 Å². The van der Waals surface area contributed by atoms with Gasteiger partial charge in [0, 0.05) is 6.42 Å². The van der Waals surface area contributed by atoms with Crippen molar-refractivity contribution >= 4 is 5.97 Å². The van der Waals surface area contributed by atoms with Crippen molar-refractivity contribution in [1.29, 1.82) is 0 Å². The van der Waals surface area contributed by atoms with E-state index < -0.39 is 17.4 Å². The van der Waals surface area contributed by atoms with Crippen molar-refractivity contribution in [1.82, 2.24) is 0 Å². The molecule has 146 valence electrons. The zero-order valence-corrected chi connectivity index (χ0v) is 16.0. The molecule has 0 amide bonds. The minimum absolute atomic E-state index is 0.0414. The number of aryl methyl sites for hydroxylation is 2. The summed E-state index contributed by atoms with van der Waals surface area (Å²) in [5.74, 6) is -1.47. The van der Waals surface area contributed by atoms with Crippen LogP contribution < -0.4 is 4.74 Å². The van der Waals surface area contributed by atoms with E-state index in [0.29, 0.717) is 12.8 Å². The van der Waals surface area contributed by atoms with E-state index in [2.05, 4.69) is 0 Å². The first kappa shape index (κ1) is 20.9.